The van der Waals surface area contributed by atoms with Gasteiger partial charge in [-0.1, -0.05) is 0 Å². The molecule has 120 valence electrons. The first-order valence-corrected chi connectivity index (χ1v) is 7.31. The Bertz CT molecular complexity index is 525. The molecule has 0 atom stereocenters. The Balaban J connectivity index is 1.95. The van der Waals surface area contributed by atoms with Crippen molar-refractivity contribution in [1.82, 2.24) is 9.88 Å². The molecule has 1 aromatic rings. The van der Waals surface area contributed by atoms with Gasteiger partial charge < -0.3 is 24.6 Å². The van der Waals surface area contributed by atoms with Crippen LogP contribution in [0, 0.1) is 0 Å². The van der Waals surface area contributed by atoms with E-state index < -0.39 is 12.7 Å². The average molecular weight is 307 g/mol. The van der Waals surface area contributed by atoms with E-state index in [2.05, 4.69) is 4.98 Å². The molecule has 2 heterocycles. The smallest absolute Gasteiger partial charge is 0.444 e. The molecule has 22 heavy (non-hydrogen) atoms. The van der Waals surface area contributed by atoms with E-state index in [1.807, 2.05) is 25.7 Å². The maximum absolute atomic E-state index is 12.0. The summed E-state index contributed by atoms with van der Waals surface area (Å²) in [6.07, 6.45) is 1.24. The van der Waals surface area contributed by atoms with E-state index in [0.717, 1.165) is 0 Å². The van der Waals surface area contributed by atoms with E-state index >= 15 is 0 Å². The van der Waals surface area contributed by atoms with Crippen molar-refractivity contribution in [3.63, 3.8) is 0 Å². The van der Waals surface area contributed by atoms with Crippen LogP contribution in [-0.2, 0) is 4.74 Å². The lowest BCUT2D eigenvalue weighted by Gasteiger charge is -2.36. The first-order valence-electron chi connectivity index (χ1n) is 7.31. The molecule has 2 rings (SSSR count). The summed E-state index contributed by atoms with van der Waals surface area (Å²) in [6, 6.07) is 3.21. The fourth-order valence-corrected chi connectivity index (χ4v) is 2.21. The van der Waals surface area contributed by atoms with Crippen molar-refractivity contribution in [2.45, 2.75) is 26.4 Å². The normalized spacial score (nSPS) is 15.7. The highest BCUT2D eigenvalue weighted by Gasteiger charge is 2.26. The largest absolute Gasteiger partial charge is 0.488 e. The van der Waals surface area contributed by atoms with E-state index in [0.29, 0.717) is 37.5 Å². The van der Waals surface area contributed by atoms with E-state index in [9.17, 15) is 14.8 Å². The Labute approximate surface area is 130 Å². The lowest BCUT2D eigenvalue weighted by Crippen LogP contribution is -2.50. The van der Waals surface area contributed by atoms with Gasteiger partial charge in [0.15, 0.2) is 0 Å². The van der Waals surface area contributed by atoms with E-state index in [-0.39, 0.29) is 6.09 Å². The van der Waals surface area contributed by atoms with Crippen molar-refractivity contribution in [3.05, 3.63) is 18.3 Å². The molecule has 2 N–H and O–H groups in total. The van der Waals surface area contributed by atoms with Gasteiger partial charge in [0.25, 0.3) is 0 Å². The Morgan fingerprint density at radius 1 is 1.27 bits per heavy atom. The van der Waals surface area contributed by atoms with Gasteiger partial charge in [-0.05, 0) is 38.4 Å². The number of carbonyl (C=O) groups is 1. The van der Waals surface area contributed by atoms with Crippen LogP contribution in [0.2, 0.25) is 0 Å². The van der Waals surface area contributed by atoms with E-state index in [4.69, 9.17) is 4.74 Å². The zero-order chi connectivity index (χ0) is 16.3. The number of piperazine rings is 1. The fraction of sp³-hybridized carbons (Fsp3) is 0.571. The van der Waals surface area contributed by atoms with Crippen LogP contribution in [-0.4, -0.2) is 64.9 Å². The molecule has 0 radical (unpaired) electrons. The molecule has 1 aromatic heterocycles. The fourth-order valence-electron chi connectivity index (χ4n) is 2.21. The summed E-state index contributed by atoms with van der Waals surface area (Å²) in [4.78, 5) is 19.9. The maximum atomic E-state index is 12.0. The van der Waals surface area contributed by atoms with Gasteiger partial charge in [-0.15, -0.1) is 0 Å². The monoisotopic (exact) mass is 307 g/mol. The second kappa shape index (κ2) is 6.54. The van der Waals surface area contributed by atoms with Gasteiger partial charge in [0.1, 0.15) is 11.4 Å². The number of carbonyl (C=O) groups excluding carboxylic acids is 1. The third-order valence-electron chi connectivity index (χ3n) is 3.32. The maximum Gasteiger partial charge on any atom is 0.488 e. The zero-order valence-corrected chi connectivity index (χ0v) is 13.2. The summed E-state index contributed by atoms with van der Waals surface area (Å²) >= 11 is 0. The Morgan fingerprint density at radius 3 is 2.45 bits per heavy atom. The van der Waals surface area contributed by atoms with Gasteiger partial charge in [0.2, 0.25) is 0 Å². The number of hydrogen-bond acceptors (Lipinski definition) is 6. The number of amides is 1. The van der Waals surface area contributed by atoms with Crippen molar-refractivity contribution in [3.8, 4) is 0 Å². The molecule has 0 saturated carbocycles. The van der Waals surface area contributed by atoms with Crippen LogP contribution in [0.1, 0.15) is 20.8 Å². The first kappa shape index (κ1) is 16.6. The predicted molar refractivity (Wildman–Crippen MR) is 84.1 cm³/mol. The number of pyridine rings is 1. The summed E-state index contributed by atoms with van der Waals surface area (Å²) in [5, 5.41) is 18.4. The molecule has 0 aliphatic carbocycles. The summed E-state index contributed by atoms with van der Waals surface area (Å²) in [5.41, 5.74) is -0.0963. The van der Waals surface area contributed by atoms with Crippen LogP contribution < -0.4 is 10.4 Å². The molecular formula is C14H22BN3O4. The number of rotatable bonds is 2. The van der Waals surface area contributed by atoms with Gasteiger partial charge in [0, 0.05) is 32.4 Å². The highest BCUT2D eigenvalue weighted by atomic mass is 16.6. The molecular weight excluding hydrogens is 285 g/mol. The quantitative estimate of drug-likeness (QED) is 0.737. The van der Waals surface area contributed by atoms with Crippen molar-refractivity contribution in [1.29, 1.82) is 0 Å². The molecule has 1 aliphatic heterocycles. The predicted octanol–water partition coefficient (Wildman–Crippen LogP) is -0.182. The number of anilines is 1. The first-order chi connectivity index (χ1) is 10.3. The SMILES string of the molecule is CC(C)(C)OC(=O)N1CCN(c2cc(B(O)O)ccn2)CC1. The number of aromatic nitrogens is 1. The van der Waals surface area contributed by atoms with Crippen molar-refractivity contribution >= 4 is 24.5 Å². The summed E-state index contributed by atoms with van der Waals surface area (Å²) in [5.74, 6) is 0.675. The zero-order valence-electron chi connectivity index (χ0n) is 13.2. The number of hydrogen-bond donors (Lipinski definition) is 2. The minimum Gasteiger partial charge on any atom is -0.444 e. The van der Waals surface area contributed by atoms with Gasteiger partial charge >= 0.3 is 13.2 Å². The second-order valence-electron chi connectivity index (χ2n) is 6.28. The third kappa shape index (κ3) is 4.35. The van der Waals surface area contributed by atoms with Crippen molar-refractivity contribution < 1.29 is 19.6 Å². The van der Waals surface area contributed by atoms with E-state index in [1.165, 1.54) is 0 Å². The van der Waals surface area contributed by atoms with Crippen LogP contribution in [0.5, 0.6) is 0 Å². The number of ether oxygens (including phenoxy) is 1. The molecule has 0 bridgehead atoms. The molecule has 1 saturated heterocycles. The molecule has 7 nitrogen and oxygen atoms in total. The van der Waals surface area contributed by atoms with Gasteiger partial charge in [-0.2, -0.15) is 0 Å². The van der Waals surface area contributed by atoms with Crippen LogP contribution in [0.3, 0.4) is 0 Å². The number of nitrogens with zero attached hydrogens (tertiary/aromatic N) is 3. The third-order valence-corrected chi connectivity index (χ3v) is 3.32. The van der Waals surface area contributed by atoms with Gasteiger partial charge in [0.05, 0.1) is 0 Å². The Hall–Kier alpha value is -1.80. The molecule has 0 aromatic carbocycles. The lowest BCUT2D eigenvalue weighted by molar-refractivity contribution is 0.0240. The molecule has 1 amide bonds. The molecule has 8 heteroatoms. The minimum atomic E-state index is -1.51. The summed E-state index contributed by atoms with van der Waals surface area (Å²) < 4.78 is 5.36. The molecule has 1 fully saturated rings. The average Bonchev–Trinajstić information content (AvgIpc) is 2.46. The Kier molecular flexibility index (Phi) is 4.92. The molecule has 0 spiro atoms. The Morgan fingerprint density at radius 2 is 1.91 bits per heavy atom. The highest BCUT2D eigenvalue weighted by molar-refractivity contribution is 6.58. The van der Waals surface area contributed by atoms with Crippen LogP contribution in [0.4, 0.5) is 10.6 Å². The topological polar surface area (TPSA) is 86.1 Å². The van der Waals surface area contributed by atoms with Gasteiger partial charge in [-0.3, -0.25) is 0 Å². The summed E-state index contributed by atoms with van der Waals surface area (Å²) in [6.45, 7) is 7.86. The standard InChI is InChI=1S/C14H22BN3O4/c1-14(2,3)22-13(19)18-8-6-17(7-9-18)12-10-11(15(20)21)4-5-16-12/h4-5,10,20-21H,6-9H2,1-3H3. The second-order valence-corrected chi connectivity index (χ2v) is 6.28. The van der Waals surface area contributed by atoms with Crippen molar-refractivity contribution in [2.24, 2.45) is 0 Å². The summed E-state index contributed by atoms with van der Waals surface area (Å²) in [7, 11) is -1.51. The molecule has 0 unspecified atom stereocenters. The van der Waals surface area contributed by atoms with Crippen LogP contribution >= 0.6 is 0 Å². The van der Waals surface area contributed by atoms with Crippen LogP contribution in [0.15, 0.2) is 18.3 Å². The van der Waals surface area contributed by atoms with Crippen molar-refractivity contribution in [2.75, 3.05) is 31.1 Å². The highest BCUT2D eigenvalue weighted by Crippen LogP contribution is 2.15. The lowest BCUT2D eigenvalue weighted by atomic mass is 9.81. The van der Waals surface area contributed by atoms with Gasteiger partial charge in [-0.25, -0.2) is 9.78 Å². The van der Waals surface area contributed by atoms with E-state index in [1.54, 1.807) is 23.2 Å². The minimum absolute atomic E-state index is 0.306. The molecule has 1 aliphatic rings. The van der Waals surface area contributed by atoms with Crippen LogP contribution in [0.25, 0.3) is 0 Å².